The van der Waals surface area contributed by atoms with Gasteiger partial charge in [-0.3, -0.25) is 19.2 Å². The molecule has 18 nitrogen and oxygen atoms in total. The molecule has 2 aliphatic heterocycles. The molecule has 0 bridgehead atoms. The molecule has 3 N–H and O–H groups in total. The van der Waals surface area contributed by atoms with Crippen LogP contribution < -0.4 is 10.6 Å². The van der Waals surface area contributed by atoms with Crippen molar-refractivity contribution in [2.75, 3.05) is 13.1 Å². The first kappa shape index (κ1) is 47.6. The number of aryl methyl sites for hydroxylation is 1. The SMILES string of the molecule is CCC(C(=O)N1C[C@H](O)C[C@H]1C(=O)N[C@@H](C)c1ccc(-c2cnco2)cc1)c1cc(CO[C@@H]2C[C@@H](C(=O)N[C@@H](C)c3ccc(-c4cnco4)cc3)N(C(=O)[C@@H](c3cc(C)no3)C(C)(C)C)C2)no1. The maximum atomic E-state index is 14.7. The fourth-order valence-corrected chi connectivity index (χ4v) is 9.16. The van der Waals surface area contributed by atoms with Gasteiger partial charge in [0.1, 0.15) is 35.2 Å². The van der Waals surface area contributed by atoms with Gasteiger partial charge in [0.15, 0.2) is 24.3 Å². The minimum Gasteiger partial charge on any atom is -0.444 e. The van der Waals surface area contributed by atoms with Gasteiger partial charge >= 0.3 is 0 Å². The predicted molar refractivity (Wildman–Crippen MR) is 245 cm³/mol. The Morgan fingerprint density at radius 1 is 0.765 bits per heavy atom. The number of β-amino-alcohol motifs (C(OH)–C–C–N with tert-alkyl or cyclic N) is 1. The van der Waals surface area contributed by atoms with Gasteiger partial charge in [-0.05, 0) is 43.7 Å². The molecule has 8 atom stereocenters. The molecule has 0 spiro atoms. The number of nitrogens with one attached hydrogen (secondary N) is 2. The molecule has 2 aliphatic rings. The number of amides is 4. The van der Waals surface area contributed by atoms with Gasteiger partial charge in [0, 0.05) is 49.2 Å². The molecule has 2 fully saturated rings. The smallest absolute Gasteiger partial charge is 0.243 e. The topological polar surface area (TPSA) is 232 Å². The number of benzene rings is 2. The number of likely N-dealkylation sites (tertiary alicyclic amines) is 2. The van der Waals surface area contributed by atoms with E-state index in [4.69, 9.17) is 22.6 Å². The third-order valence-corrected chi connectivity index (χ3v) is 12.8. The van der Waals surface area contributed by atoms with Crippen LogP contribution in [0.25, 0.3) is 22.6 Å². The van der Waals surface area contributed by atoms with Gasteiger partial charge in [-0.25, -0.2) is 9.97 Å². The molecule has 2 saturated heterocycles. The molecule has 4 amide bonds. The third-order valence-electron chi connectivity index (χ3n) is 12.8. The number of aromatic nitrogens is 4. The van der Waals surface area contributed by atoms with E-state index in [1.165, 1.54) is 17.7 Å². The molecule has 2 aromatic carbocycles. The first-order chi connectivity index (χ1) is 32.6. The Balaban J connectivity index is 0.929. The highest BCUT2D eigenvalue weighted by Gasteiger charge is 2.47. The van der Waals surface area contributed by atoms with Gasteiger partial charge in [0.25, 0.3) is 0 Å². The first-order valence-electron chi connectivity index (χ1n) is 23.0. The molecule has 1 unspecified atom stereocenters. The average Bonchev–Trinajstić information content (AvgIpc) is 4.18. The van der Waals surface area contributed by atoms with E-state index in [0.29, 0.717) is 35.1 Å². The number of hydrogen-bond acceptors (Lipinski definition) is 14. The van der Waals surface area contributed by atoms with E-state index in [1.807, 2.05) is 90.1 Å². The number of aliphatic hydroxyl groups is 1. The maximum Gasteiger partial charge on any atom is 0.243 e. The Bertz CT molecular complexity index is 2650. The minimum atomic E-state index is -0.897. The molecule has 18 heteroatoms. The van der Waals surface area contributed by atoms with Crippen LogP contribution in [0.5, 0.6) is 0 Å². The lowest BCUT2D eigenvalue weighted by molar-refractivity contribution is -0.142. The van der Waals surface area contributed by atoms with Crippen molar-refractivity contribution in [1.82, 2.24) is 40.7 Å². The summed E-state index contributed by atoms with van der Waals surface area (Å²) in [4.78, 5) is 67.7. The lowest BCUT2D eigenvalue weighted by Gasteiger charge is -2.33. The van der Waals surface area contributed by atoms with E-state index in [9.17, 15) is 24.3 Å². The summed E-state index contributed by atoms with van der Waals surface area (Å²) in [7, 11) is 0. The lowest BCUT2D eigenvalue weighted by atomic mass is 9.78. The minimum absolute atomic E-state index is 0.00962. The third kappa shape index (κ3) is 10.5. The van der Waals surface area contributed by atoms with Crippen LogP contribution in [0.2, 0.25) is 0 Å². The van der Waals surface area contributed by atoms with E-state index < -0.39 is 47.6 Å². The highest BCUT2D eigenvalue weighted by Crippen LogP contribution is 2.39. The fraction of sp³-hybridized carbons (Fsp3) is 0.440. The molecule has 68 heavy (non-hydrogen) atoms. The van der Waals surface area contributed by atoms with Crippen LogP contribution in [0, 0.1) is 12.3 Å². The number of carbonyl (C=O) groups is 4. The van der Waals surface area contributed by atoms with E-state index in [0.717, 1.165) is 22.3 Å². The van der Waals surface area contributed by atoms with Crippen LogP contribution >= 0.6 is 0 Å². The molecule has 0 saturated carbocycles. The molecule has 4 aromatic heterocycles. The summed E-state index contributed by atoms with van der Waals surface area (Å²) in [6.45, 7) is 13.3. The largest absolute Gasteiger partial charge is 0.444 e. The van der Waals surface area contributed by atoms with Gasteiger partial charge in [-0.15, -0.1) is 0 Å². The molecular formula is C50H58N8O10. The summed E-state index contributed by atoms with van der Waals surface area (Å²) >= 11 is 0. The number of oxazole rings is 2. The first-order valence-corrected chi connectivity index (χ1v) is 23.0. The normalized spacial score (nSPS) is 20.2. The van der Waals surface area contributed by atoms with Crippen molar-refractivity contribution in [1.29, 1.82) is 0 Å². The van der Waals surface area contributed by atoms with Gasteiger partial charge in [0.05, 0.1) is 54.9 Å². The van der Waals surface area contributed by atoms with E-state index >= 15 is 0 Å². The fourth-order valence-electron chi connectivity index (χ4n) is 9.16. The summed E-state index contributed by atoms with van der Waals surface area (Å²) < 4.78 is 28.6. The summed E-state index contributed by atoms with van der Waals surface area (Å²) in [5.74, 6) is -0.951. The van der Waals surface area contributed by atoms with Crippen molar-refractivity contribution < 1.29 is 46.9 Å². The molecular weight excluding hydrogens is 873 g/mol. The van der Waals surface area contributed by atoms with Gasteiger partial charge < -0.3 is 48.2 Å². The van der Waals surface area contributed by atoms with Gasteiger partial charge in [-0.1, -0.05) is 86.5 Å². The van der Waals surface area contributed by atoms with Crippen LogP contribution in [0.4, 0.5) is 0 Å². The molecule has 0 radical (unpaired) electrons. The van der Waals surface area contributed by atoms with Gasteiger partial charge in [-0.2, -0.15) is 0 Å². The second-order valence-electron chi connectivity index (χ2n) is 18.9. The Morgan fingerprint density at radius 2 is 1.31 bits per heavy atom. The number of aliphatic hydroxyl groups excluding tert-OH is 1. The molecule has 8 rings (SSSR count). The van der Waals surface area contributed by atoms with Crippen LogP contribution in [0.3, 0.4) is 0 Å². The quantitative estimate of drug-likeness (QED) is 0.0906. The van der Waals surface area contributed by atoms with E-state index in [-0.39, 0.29) is 68.0 Å². The molecule has 6 aromatic rings. The van der Waals surface area contributed by atoms with Crippen LogP contribution in [-0.4, -0.2) is 96.2 Å². The number of ether oxygens (including phenoxy) is 1. The van der Waals surface area contributed by atoms with Crippen molar-refractivity contribution in [2.24, 2.45) is 5.41 Å². The summed E-state index contributed by atoms with van der Waals surface area (Å²) in [6, 6.07) is 16.0. The average molecular weight is 931 g/mol. The Labute approximate surface area is 393 Å². The van der Waals surface area contributed by atoms with Crippen LogP contribution in [0.1, 0.15) is 119 Å². The van der Waals surface area contributed by atoms with Crippen LogP contribution in [-0.2, 0) is 30.5 Å². The van der Waals surface area contributed by atoms with Crippen molar-refractivity contribution in [3.05, 3.63) is 120 Å². The van der Waals surface area contributed by atoms with Crippen molar-refractivity contribution in [3.8, 4) is 22.6 Å². The standard InChI is InChI=1S/C50H58N8O10/c1-8-38(48(62)57-23-36(59)19-39(57)46(60)53-29(3)31-9-13-33(14-10-31)43-21-51-26-65-43)41-18-35(56-67-41)25-64-37-20-40(58(24-37)49(63)45(50(5,6)7)42-17-28(2)55-68-42)47(61)54-30(4)32-11-15-34(16-12-32)44-22-52-27-66-44/h9-18,21-22,26-27,29-30,36-40,45,59H,8,19-20,23-25H2,1-7H3,(H,53,60)(H,54,61)/t29-,30-,36+,37+,38?,39-,40-,45+/m0/s1. The summed E-state index contributed by atoms with van der Waals surface area (Å²) in [5, 5.41) is 25.1. The Kier molecular flexibility index (Phi) is 14.1. The number of carbonyl (C=O) groups excluding carboxylic acids is 4. The summed E-state index contributed by atoms with van der Waals surface area (Å²) in [5.41, 5.74) is 3.85. The van der Waals surface area contributed by atoms with Crippen molar-refractivity contribution >= 4 is 23.6 Å². The molecule has 0 aliphatic carbocycles. The van der Waals surface area contributed by atoms with Crippen molar-refractivity contribution in [3.63, 3.8) is 0 Å². The lowest BCUT2D eigenvalue weighted by Crippen LogP contribution is -2.49. The number of hydrogen-bond donors (Lipinski definition) is 3. The zero-order valence-corrected chi connectivity index (χ0v) is 39.2. The van der Waals surface area contributed by atoms with Gasteiger partial charge in [0.2, 0.25) is 23.6 Å². The maximum absolute atomic E-state index is 14.7. The zero-order chi connectivity index (χ0) is 48.3. The Hall–Kier alpha value is -6.92. The van der Waals surface area contributed by atoms with Crippen molar-refractivity contribution in [2.45, 2.75) is 123 Å². The van der Waals surface area contributed by atoms with E-state index in [1.54, 1.807) is 36.4 Å². The second-order valence-corrected chi connectivity index (χ2v) is 18.9. The van der Waals surface area contributed by atoms with E-state index in [2.05, 4.69) is 30.9 Å². The molecule has 6 heterocycles. The molecule has 358 valence electrons. The second kappa shape index (κ2) is 20.1. The zero-order valence-electron chi connectivity index (χ0n) is 39.2. The predicted octanol–water partition coefficient (Wildman–Crippen LogP) is 6.81. The monoisotopic (exact) mass is 930 g/mol. The number of rotatable bonds is 16. The highest BCUT2D eigenvalue weighted by molar-refractivity contribution is 5.92. The van der Waals surface area contributed by atoms with Crippen LogP contribution in [0.15, 0.2) is 104 Å². The Morgan fingerprint density at radius 3 is 1.81 bits per heavy atom. The summed E-state index contributed by atoms with van der Waals surface area (Å²) in [6.07, 6.45) is 5.17. The number of nitrogens with zero attached hydrogens (tertiary/aromatic N) is 6. The highest BCUT2D eigenvalue weighted by atomic mass is 16.5.